The fourth-order valence-corrected chi connectivity index (χ4v) is 0.804. The first-order chi connectivity index (χ1) is 6.29. The lowest BCUT2D eigenvalue weighted by atomic mass is 10.2. The normalized spacial score (nSPS) is 8.69. The van der Waals surface area contributed by atoms with E-state index in [1.165, 1.54) is 16.6 Å². The fraction of sp³-hybridized carbons (Fsp3) is 0.100. The van der Waals surface area contributed by atoms with Crippen LogP contribution in [0.5, 0.6) is 0 Å². The number of benzene rings is 1. The Kier molecular flexibility index (Phi) is 3.57. The van der Waals surface area contributed by atoms with Crippen LogP contribution in [0.4, 0.5) is 0 Å². The number of nitrogens with zero attached hydrogens (tertiary/aromatic N) is 2. The van der Waals surface area contributed by atoms with Gasteiger partial charge in [0.25, 0.3) is 0 Å². The first-order valence-electron chi connectivity index (χ1n) is 4.04. The summed E-state index contributed by atoms with van der Waals surface area (Å²) in [5.74, 6) is 5.13. The van der Waals surface area contributed by atoms with Crippen molar-refractivity contribution in [2.75, 3.05) is 5.84 Å². The SMILES string of the molecule is Cc1ccccc1.Nn1ccnc1. The highest BCUT2D eigenvalue weighted by Crippen LogP contribution is 1.92. The highest BCUT2D eigenvalue weighted by Gasteiger charge is 1.72. The summed E-state index contributed by atoms with van der Waals surface area (Å²) in [6.45, 7) is 2.08. The quantitative estimate of drug-likeness (QED) is 0.618. The van der Waals surface area contributed by atoms with Crippen molar-refractivity contribution < 1.29 is 0 Å². The molecular weight excluding hydrogens is 162 g/mol. The van der Waals surface area contributed by atoms with Crippen LogP contribution < -0.4 is 5.84 Å². The van der Waals surface area contributed by atoms with Gasteiger partial charge in [0.15, 0.2) is 0 Å². The second kappa shape index (κ2) is 4.98. The summed E-state index contributed by atoms with van der Waals surface area (Å²) in [5.41, 5.74) is 1.32. The summed E-state index contributed by atoms with van der Waals surface area (Å²) >= 11 is 0. The zero-order valence-electron chi connectivity index (χ0n) is 7.59. The van der Waals surface area contributed by atoms with E-state index in [4.69, 9.17) is 5.84 Å². The van der Waals surface area contributed by atoms with E-state index in [0.717, 1.165) is 0 Å². The first-order valence-corrected chi connectivity index (χ1v) is 4.04. The summed E-state index contributed by atoms with van der Waals surface area (Å²) in [5, 5.41) is 0. The molecule has 0 bridgehead atoms. The van der Waals surface area contributed by atoms with Gasteiger partial charge in [0.2, 0.25) is 0 Å². The molecule has 0 aliphatic carbocycles. The van der Waals surface area contributed by atoms with Gasteiger partial charge in [-0.05, 0) is 6.92 Å². The van der Waals surface area contributed by atoms with Crippen molar-refractivity contribution >= 4 is 0 Å². The fourth-order valence-electron chi connectivity index (χ4n) is 0.804. The summed E-state index contributed by atoms with van der Waals surface area (Å²) in [7, 11) is 0. The molecule has 1 aromatic carbocycles. The highest BCUT2D eigenvalue weighted by molar-refractivity contribution is 5.11. The van der Waals surface area contributed by atoms with Crippen molar-refractivity contribution in [2.45, 2.75) is 6.92 Å². The van der Waals surface area contributed by atoms with Crippen LogP contribution in [0, 0.1) is 6.92 Å². The third kappa shape index (κ3) is 3.96. The molecule has 0 amide bonds. The van der Waals surface area contributed by atoms with Crippen LogP contribution in [-0.2, 0) is 0 Å². The molecule has 13 heavy (non-hydrogen) atoms. The number of hydrogen-bond donors (Lipinski definition) is 1. The number of aromatic nitrogens is 2. The monoisotopic (exact) mass is 175 g/mol. The molecule has 0 saturated carbocycles. The largest absolute Gasteiger partial charge is 0.338 e. The highest BCUT2D eigenvalue weighted by atomic mass is 15.3. The van der Waals surface area contributed by atoms with Crippen molar-refractivity contribution in [3.63, 3.8) is 0 Å². The summed E-state index contributed by atoms with van der Waals surface area (Å²) < 4.78 is 1.39. The van der Waals surface area contributed by atoms with E-state index in [1.807, 2.05) is 18.2 Å². The molecule has 0 saturated heterocycles. The Labute approximate surface area is 77.8 Å². The van der Waals surface area contributed by atoms with Crippen molar-refractivity contribution in [3.05, 3.63) is 54.6 Å². The summed E-state index contributed by atoms with van der Waals surface area (Å²) in [6, 6.07) is 10.3. The Morgan fingerprint density at radius 2 is 1.92 bits per heavy atom. The minimum absolute atomic E-state index is 1.32. The minimum Gasteiger partial charge on any atom is -0.338 e. The summed E-state index contributed by atoms with van der Waals surface area (Å²) in [6.07, 6.45) is 4.82. The number of nitrogens with two attached hydrogens (primary N) is 1. The molecule has 0 spiro atoms. The Morgan fingerprint density at radius 1 is 1.23 bits per heavy atom. The molecule has 3 nitrogen and oxygen atoms in total. The van der Waals surface area contributed by atoms with Crippen LogP contribution in [0.1, 0.15) is 5.56 Å². The topological polar surface area (TPSA) is 43.8 Å². The molecule has 1 aromatic heterocycles. The second-order valence-corrected chi connectivity index (χ2v) is 2.66. The molecule has 2 N–H and O–H groups in total. The first kappa shape index (κ1) is 9.32. The maximum atomic E-state index is 5.13. The van der Waals surface area contributed by atoms with Gasteiger partial charge in [0, 0.05) is 12.4 Å². The number of aryl methyl sites for hydroxylation is 1. The van der Waals surface area contributed by atoms with E-state index in [9.17, 15) is 0 Å². The third-order valence-electron chi connectivity index (χ3n) is 1.47. The lowest BCUT2D eigenvalue weighted by Crippen LogP contribution is -2.02. The maximum absolute atomic E-state index is 5.13. The van der Waals surface area contributed by atoms with Gasteiger partial charge in [-0.1, -0.05) is 35.9 Å². The van der Waals surface area contributed by atoms with Gasteiger partial charge in [-0.25, -0.2) is 4.98 Å². The van der Waals surface area contributed by atoms with E-state index in [1.54, 1.807) is 12.4 Å². The lowest BCUT2D eigenvalue weighted by Gasteiger charge is -1.82. The van der Waals surface area contributed by atoms with Gasteiger partial charge in [-0.3, -0.25) is 4.68 Å². The molecule has 2 aromatic rings. The Bertz CT molecular complexity index is 313. The van der Waals surface area contributed by atoms with E-state index < -0.39 is 0 Å². The van der Waals surface area contributed by atoms with E-state index >= 15 is 0 Å². The van der Waals surface area contributed by atoms with Gasteiger partial charge in [-0.2, -0.15) is 0 Å². The molecule has 0 atom stereocenters. The van der Waals surface area contributed by atoms with Crippen molar-refractivity contribution in [1.82, 2.24) is 9.66 Å². The van der Waals surface area contributed by atoms with Crippen molar-refractivity contribution in [1.29, 1.82) is 0 Å². The van der Waals surface area contributed by atoms with Crippen molar-refractivity contribution in [3.8, 4) is 0 Å². The maximum Gasteiger partial charge on any atom is 0.114 e. The molecule has 68 valence electrons. The third-order valence-corrected chi connectivity index (χ3v) is 1.47. The standard InChI is InChI=1S/C7H8.C3H5N3/c1-7-5-3-2-4-6-7;4-6-2-1-5-3-6/h2-6H,1H3;1-3H,4H2. The van der Waals surface area contributed by atoms with Gasteiger partial charge in [-0.15, -0.1) is 0 Å². The number of rotatable bonds is 0. The number of imidazole rings is 1. The van der Waals surface area contributed by atoms with Gasteiger partial charge in [0.1, 0.15) is 6.33 Å². The van der Waals surface area contributed by atoms with Crippen LogP contribution in [0.15, 0.2) is 49.1 Å². The van der Waals surface area contributed by atoms with Gasteiger partial charge in [0.05, 0.1) is 0 Å². The smallest absolute Gasteiger partial charge is 0.114 e. The van der Waals surface area contributed by atoms with E-state index in [-0.39, 0.29) is 0 Å². The average Bonchev–Trinajstić information content (AvgIpc) is 2.58. The zero-order chi connectivity index (χ0) is 9.52. The average molecular weight is 175 g/mol. The molecule has 1 heterocycles. The molecule has 0 aliphatic heterocycles. The molecule has 0 unspecified atom stereocenters. The Hall–Kier alpha value is -1.77. The lowest BCUT2D eigenvalue weighted by molar-refractivity contribution is 1.00. The second-order valence-electron chi connectivity index (χ2n) is 2.66. The Balaban J connectivity index is 0.000000132. The number of nitrogen functional groups attached to an aromatic ring is 1. The predicted molar refractivity (Wildman–Crippen MR) is 53.6 cm³/mol. The predicted octanol–water partition coefficient (Wildman–Crippen LogP) is 1.59. The van der Waals surface area contributed by atoms with Crippen LogP contribution in [0.3, 0.4) is 0 Å². The molecular formula is C10H13N3. The van der Waals surface area contributed by atoms with Gasteiger partial charge >= 0.3 is 0 Å². The zero-order valence-corrected chi connectivity index (χ0v) is 7.59. The molecule has 0 radical (unpaired) electrons. The van der Waals surface area contributed by atoms with Crippen LogP contribution in [0.25, 0.3) is 0 Å². The van der Waals surface area contributed by atoms with Crippen LogP contribution in [0.2, 0.25) is 0 Å². The molecule has 3 heteroatoms. The van der Waals surface area contributed by atoms with Crippen molar-refractivity contribution in [2.24, 2.45) is 0 Å². The van der Waals surface area contributed by atoms with Crippen LogP contribution in [-0.4, -0.2) is 9.66 Å². The molecule has 2 rings (SSSR count). The van der Waals surface area contributed by atoms with Crippen LogP contribution >= 0.6 is 0 Å². The van der Waals surface area contributed by atoms with E-state index in [0.29, 0.717) is 0 Å². The molecule has 0 aliphatic rings. The Morgan fingerprint density at radius 3 is 2.15 bits per heavy atom. The van der Waals surface area contributed by atoms with E-state index in [2.05, 4.69) is 24.0 Å². The summed E-state index contributed by atoms with van der Waals surface area (Å²) in [4.78, 5) is 3.66. The number of hydrogen-bond acceptors (Lipinski definition) is 2. The minimum atomic E-state index is 1.32. The molecule has 0 fully saturated rings. The van der Waals surface area contributed by atoms with Gasteiger partial charge < -0.3 is 5.84 Å².